The second-order valence-electron chi connectivity index (χ2n) is 7.23. The fourth-order valence-electron chi connectivity index (χ4n) is 3.93. The lowest BCUT2D eigenvalue weighted by Gasteiger charge is -2.38. The van der Waals surface area contributed by atoms with Crippen LogP contribution in [0.4, 0.5) is 0 Å². The average Bonchev–Trinajstić information content (AvgIpc) is 3.55. The minimum absolute atomic E-state index is 0.0902. The van der Waals surface area contributed by atoms with Gasteiger partial charge >= 0.3 is 0 Å². The first-order valence-corrected chi connectivity index (χ1v) is 10.7. The second kappa shape index (κ2) is 8.05. The molecule has 10 heteroatoms. The van der Waals surface area contributed by atoms with E-state index in [1.54, 1.807) is 24.1 Å². The van der Waals surface area contributed by atoms with E-state index in [2.05, 4.69) is 15.0 Å². The Balaban J connectivity index is 1.44. The van der Waals surface area contributed by atoms with Crippen molar-refractivity contribution in [1.29, 1.82) is 0 Å². The number of fused-ring (bicyclic) bond motifs is 1. The number of hydrogen-bond acceptors (Lipinski definition) is 8. The molecule has 1 aliphatic rings. The number of aromatic nitrogens is 3. The van der Waals surface area contributed by atoms with Crippen LogP contribution in [0.5, 0.6) is 11.6 Å². The smallest absolute Gasteiger partial charge is 0.289 e. The number of hydrogen-bond donors (Lipinski definition) is 1. The molecule has 160 valence electrons. The van der Waals surface area contributed by atoms with Gasteiger partial charge in [0.2, 0.25) is 10.8 Å². The van der Waals surface area contributed by atoms with Crippen molar-refractivity contribution < 1.29 is 19.1 Å². The lowest BCUT2D eigenvalue weighted by molar-refractivity contribution is 0.0568. The highest BCUT2D eigenvalue weighted by atomic mass is 32.1. The molecule has 0 radical (unpaired) electrons. The van der Waals surface area contributed by atoms with Crippen molar-refractivity contribution in [3.63, 3.8) is 0 Å². The molecule has 1 aromatic carbocycles. The van der Waals surface area contributed by atoms with E-state index in [0.29, 0.717) is 36.9 Å². The number of carbonyl (C=O) groups is 1. The number of thiazole rings is 1. The quantitative estimate of drug-likeness (QED) is 0.511. The maximum Gasteiger partial charge on any atom is 0.289 e. The molecule has 4 heterocycles. The van der Waals surface area contributed by atoms with Gasteiger partial charge in [-0.15, -0.1) is 0 Å². The highest BCUT2D eigenvalue weighted by Crippen LogP contribution is 2.40. The van der Waals surface area contributed by atoms with E-state index in [9.17, 15) is 9.90 Å². The summed E-state index contributed by atoms with van der Waals surface area (Å²) in [5.41, 5.74) is 1.02. The molecule has 1 amide bonds. The first kappa shape index (κ1) is 19.6. The number of amides is 1. The molecule has 1 fully saturated rings. The summed E-state index contributed by atoms with van der Waals surface area (Å²) in [7, 11) is 1.63. The Morgan fingerprint density at radius 3 is 2.61 bits per heavy atom. The molecular formula is C21H21N5O4S. The molecule has 5 rings (SSSR count). The molecule has 0 spiro atoms. The van der Waals surface area contributed by atoms with E-state index in [1.807, 2.05) is 24.3 Å². The van der Waals surface area contributed by atoms with Crippen molar-refractivity contribution in [3.05, 3.63) is 65.2 Å². The van der Waals surface area contributed by atoms with Gasteiger partial charge in [-0.3, -0.25) is 9.69 Å². The summed E-state index contributed by atoms with van der Waals surface area (Å²) < 4.78 is 12.0. The number of nitrogens with zero attached hydrogens (tertiary/aromatic N) is 5. The molecule has 0 saturated carbocycles. The fraction of sp³-hybridized carbons (Fsp3) is 0.286. The van der Waals surface area contributed by atoms with E-state index in [0.717, 1.165) is 16.2 Å². The zero-order valence-corrected chi connectivity index (χ0v) is 17.7. The van der Waals surface area contributed by atoms with Crippen LogP contribution in [0.1, 0.15) is 27.0 Å². The van der Waals surface area contributed by atoms with Gasteiger partial charge in [-0.1, -0.05) is 23.5 Å². The summed E-state index contributed by atoms with van der Waals surface area (Å²) >= 11 is 1.41. The van der Waals surface area contributed by atoms with Crippen molar-refractivity contribution in [2.45, 2.75) is 6.04 Å². The monoisotopic (exact) mass is 439 g/mol. The molecule has 1 N–H and O–H groups in total. The Kier molecular flexibility index (Phi) is 5.08. The van der Waals surface area contributed by atoms with E-state index in [4.69, 9.17) is 9.15 Å². The van der Waals surface area contributed by atoms with E-state index >= 15 is 0 Å². The molecule has 31 heavy (non-hydrogen) atoms. The predicted octanol–water partition coefficient (Wildman–Crippen LogP) is 2.65. The normalized spacial score (nSPS) is 16.0. The van der Waals surface area contributed by atoms with Crippen molar-refractivity contribution in [3.8, 4) is 11.6 Å². The van der Waals surface area contributed by atoms with Gasteiger partial charge in [0.15, 0.2) is 5.76 Å². The van der Waals surface area contributed by atoms with Crippen LogP contribution in [0.25, 0.3) is 4.96 Å². The van der Waals surface area contributed by atoms with Crippen LogP contribution in [0.2, 0.25) is 0 Å². The van der Waals surface area contributed by atoms with Gasteiger partial charge in [0.1, 0.15) is 12.1 Å². The zero-order valence-electron chi connectivity index (χ0n) is 16.8. The summed E-state index contributed by atoms with van der Waals surface area (Å²) in [4.78, 5) is 22.3. The van der Waals surface area contributed by atoms with Crippen LogP contribution >= 0.6 is 11.3 Å². The largest absolute Gasteiger partial charge is 0.497 e. The molecule has 1 aliphatic heterocycles. The average molecular weight is 439 g/mol. The number of furan rings is 1. The van der Waals surface area contributed by atoms with Gasteiger partial charge in [-0.25, -0.2) is 4.98 Å². The number of ether oxygens (including phenoxy) is 1. The van der Waals surface area contributed by atoms with E-state index in [-0.39, 0.29) is 17.8 Å². The predicted molar refractivity (Wildman–Crippen MR) is 114 cm³/mol. The van der Waals surface area contributed by atoms with Crippen molar-refractivity contribution in [2.24, 2.45) is 0 Å². The summed E-state index contributed by atoms with van der Waals surface area (Å²) in [6.07, 6.45) is 2.93. The van der Waals surface area contributed by atoms with Gasteiger partial charge in [0.25, 0.3) is 5.91 Å². The Morgan fingerprint density at radius 2 is 1.97 bits per heavy atom. The maximum atomic E-state index is 12.6. The molecule has 1 atom stereocenters. The first-order valence-electron chi connectivity index (χ1n) is 9.88. The standard InChI is InChI=1S/C21H21N5O4S/c1-29-15-6-4-14(5-7-15)17(18-20(28)26-21(31-18)22-13-23-26)24-8-10-25(11-9-24)19(27)16-3-2-12-30-16/h2-7,12-13,17,28H,8-11H2,1H3. The highest BCUT2D eigenvalue weighted by molar-refractivity contribution is 7.17. The number of methoxy groups -OCH3 is 1. The minimum atomic E-state index is -0.194. The van der Waals surface area contributed by atoms with Gasteiger partial charge < -0.3 is 19.2 Å². The molecule has 0 aliphatic carbocycles. The third-order valence-corrected chi connectivity index (χ3v) is 6.60. The van der Waals surface area contributed by atoms with Gasteiger partial charge in [0.05, 0.1) is 24.3 Å². The molecule has 3 aromatic heterocycles. The van der Waals surface area contributed by atoms with Gasteiger partial charge in [-0.05, 0) is 29.8 Å². The summed E-state index contributed by atoms with van der Waals surface area (Å²) in [5.74, 6) is 1.10. The minimum Gasteiger partial charge on any atom is -0.497 e. The summed E-state index contributed by atoms with van der Waals surface area (Å²) in [5, 5.41) is 15.0. The molecule has 0 bridgehead atoms. The van der Waals surface area contributed by atoms with Crippen LogP contribution in [0, 0.1) is 0 Å². The maximum absolute atomic E-state index is 12.6. The van der Waals surface area contributed by atoms with Crippen LogP contribution < -0.4 is 4.74 Å². The lowest BCUT2D eigenvalue weighted by atomic mass is 10.0. The van der Waals surface area contributed by atoms with Crippen molar-refractivity contribution in [2.75, 3.05) is 33.3 Å². The van der Waals surface area contributed by atoms with Gasteiger partial charge in [0, 0.05) is 26.2 Å². The Labute approximate surface area is 182 Å². The van der Waals surface area contributed by atoms with Gasteiger partial charge in [-0.2, -0.15) is 9.61 Å². The third-order valence-electron chi connectivity index (χ3n) is 5.52. The van der Waals surface area contributed by atoms with E-state index < -0.39 is 0 Å². The molecule has 4 aromatic rings. The number of aromatic hydroxyl groups is 1. The Hall–Kier alpha value is -3.37. The fourth-order valence-corrected chi connectivity index (χ4v) is 5.02. The van der Waals surface area contributed by atoms with Crippen molar-refractivity contribution in [1.82, 2.24) is 24.4 Å². The number of carbonyl (C=O) groups excluding carboxylic acids is 1. The highest BCUT2D eigenvalue weighted by Gasteiger charge is 2.33. The number of benzene rings is 1. The first-order chi connectivity index (χ1) is 15.2. The molecule has 1 unspecified atom stereocenters. The zero-order chi connectivity index (χ0) is 21.4. The molecule has 1 saturated heterocycles. The Morgan fingerprint density at radius 1 is 1.19 bits per heavy atom. The van der Waals surface area contributed by atoms with Crippen LogP contribution in [0.3, 0.4) is 0 Å². The SMILES string of the molecule is COc1ccc(C(c2sc3ncnn3c2O)N2CCN(C(=O)c3ccco3)CC2)cc1. The van der Waals surface area contributed by atoms with Crippen molar-refractivity contribution >= 4 is 22.2 Å². The Bertz CT molecular complexity index is 1180. The van der Waals surface area contributed by atoms with Crippen LogP contribution in [-0.2, 0) is 0 Å². The molecule has 9 nitrogen and oxygen atoms in total. The number of piperazine rings is 1. The number of rotatable bonds is 5. The lowest BCUT2D eigenvalue weighted by Crippen LogP contribution is -2.49. The molecular weight excluding hydrogens is 418 g/mol. The van der Waals surface area contributed by atoms with Crippen LogP contribution in [0.15, 0.2) is 53.4 Å². The second-order valence-corrected chi connectivity index (χ2v) is 8.23. The third kappa shape index (κ3) is 3.53. The van der Waals surface area contributed by atoms with Crippen LogP contribution in [-0.4, -0.2) is 68.7 Å². The summed E-state index contributed by atoms with van der Waals surface area (Å²) in [6, 6.07) is 11.0. The van der Waals surface area contributed by atoms with E-state index in [1.165, 1.54) is 28.4 Å². The summed E-state index contributed by atoms with van der Waals surface area (Å²) in [6.45, 7) is 2.42. The topological polar surface area (TPSA) is 96.3 Å².